The van der Waals surface area contributed by atoms with E-state index in [4.69, 9.17) is 17.3 Å². The van der Waals surface area contributed by atoms with Crippen molar-refractivity contribution in [3.8, 4) is 5.82 Å². The molecule has 8 heteroatoms. The molecule has 0 radical (unpaired) electrons. The molecule has 0 unspecified atom stereocenters. The smallest absolute Gasteiger partial charge is 0.381 e. The first-order chi connectivity index (χ1) is 7.89. The Labute approximate surface area is 98.8 Å². The molecule has 2 N–H and O–H groups in total. The largest absolute Gasteiger partial charge is 0.420 e. The van der Waals surface area contributed by atoms with Gasteiger partial charge in [-0.15, -0.1) is 5.10 Å². The van der Waals surface area contributed by atoms with E-state index in [0.717, 1.165) is 10.7 Å². The molecule has 2 aromatic heterocycles. The summed E-state index contributed by atoms with van der Waals surface area (Å²) in [6.45, 7) is 0. The second-order valence-corrected chi connectivity index (χ2v) is 3.59. The average Bonchev–Trinajstić information content (AvgIpc) is 2.58. The monoisotopic (exact) mass is 262 g/mol. The normalized spacial score (nSPS) is 11.8. The average molecular weight is 263 g/mol. The van der Waals surface area contributed by atoms with Crippen molar-refractivity contribution in [1.82, 2.24) is 14.8 Å². The molecule has 0 amide bonds. The predicted octanol–water partition coefficient (Wildman–Crippen LogP) is 2.52. The van der Waals surface area contributed by atoms with Gasteiger partial charge in [-0.25, -0.2) is 9.67 Å². The van der Waals surface area contributed by atoms with E-state index in [2.05, 4.69) is 10.1 Å². The molecule has 0 saturated carbocycles. The van der Waals surface area contributed by atoms with Crippen LogP contribution in [0.5, 0.6) is 0 Å². The third kappa shape index (κ3) is 2.19. The lowest BCUT2D eigenvalue weighted by Gasteiger charge is -2.10. The zero-order valence-corrected chi connectivity index (χ0v) is 9.00. The molecular weight excluding hydrogens is 257 g/mol. The Morgan fingerprint density at radius 1 is 1.35 bits per heavy atom. The van der Waals surface area contributed by atoms with Crippen LogP contribution in [0.2, 0.25) is 5.02 Å². The van der Waals surface area contributed by atoms with E-state index >= 15 is 0 Å². The fourth-order valence-corrected chi connectivity index (χ4v) is 1.41. The van der Waals surface area contributed by atoms with Gasteiger partial charge in [0.05, 0.1) is 6.20 Å². The summed E-state index contributed by atoms with van der Waals surface area (Å²) in [6.07, 6.45) is -2.11. The van der Waals surface area contributed by atoms with Crippen LogP contribution in [-0.4, -0.2) is 14.8 Å². The molecule has 0 spiro atoms. The summed E-state index contributed by atoms with van der Waals surface area (Å²) in [5.41, 5.74) is 4.46. The van der Waals surface area contributed by atoms with E-state index in [1.165, 1.54) is 18.5 Å². The minimum Gasteiger partial charge on any atom is -0.381 e. The van der Waals surface area contributed by atoms with Gasteiger partial charge in [0.25, 0.3) is 0 Å². The predicted molar refractivity (Wildman–Crippen MR) is 55.8 cm³/mol. The molecule has 0 aliphatic rings. The lowest BCUT2D eigenvalue weighted by molar-refractivity contribution is -0.137. The summed E-state index contributed by atoms with van der Waals surface area (Å²) in [7, 11) is 0. The summed E-state index contributed by atoms with van der Waals surface area (Å²) < 4.78 is 39.0. The maximum atomic E-state index is 12.7. The highest BCUT2D eigenvalue weighted by Crippen LogP contribution is 2.33. The second-order valence-electron chi connectivity index (χ2n) is 3.18. The summed E-state index contributed by atoms with van der Waals surface area (Å²) in [5, 5.41) is 3.73. The fraction of sp³-hybridized carbons (Fsp3) is 0.111. The quantitative estimate of drug-likeness (QED) is 0.859. The van der Waals surface area contributed by atoms with Gasteiger partial charge in [-0.3, -0.25) is 0 Å². The Morgan fingerprint density at radius 3 is 2.59 bits per heavy atom. The van der Waals surface area contributed by atoms with E-state index in [1.54, 1.807) is 0 Å². The van der Waals surface area contributed by atoms with Crippen LogP contribution >= 0.6 is 11.6 Å². The third-order valence-corrected chi connectivity index (χ3v) is 2.30. The second kappa shape index (κ2) is 3.92. The van der Waals surface area contributed by atoms with Crippen LogP contribution < -0.4 is 5.73 Å². The van der Waals surface area contributed by atoms with Gasteiger partial charge >= 0.3 is 6.18 Å². The highest BCUT2D eigenvalue weighted by molar-refractivity contribution is 6.32. The number of alkyl halides is 3. The third-order valence-electron chi connectivity index (χ3n) is 2.00. The van der Waals surface area contributed by atoms with Crippen LogP contribution in [0.25, 0.3) is 5.82 Å². The summed E-state index contributed by atoms with van der Waals surface area (Å²) in [4.78, 5) is 3.64. The van der Waals surface area contributed by atoms with E-state index in [1.807, 2.05) is 0 Å². The maximum absolute atomic E-state index is 12.7. The molecule has 0 bridgehead atoms. The van der Waals surface area contributed by atoms with E-state index in [0.29, 0.717) is 0 Å². The highest BCUT2D eigenvalue weighted by Gasteiger charge is 2.35. The van der Waals surface area contributed by atoms with Gasteiger partial charge in [0.1, 0.15) is 10.6 Å². The van der Waals surface area contributed by atoms with Gasteiger partial charge in [-0.1, -0.05) is 11.6 Å². The van der Waals surface area contributed by atoms with E-state index in [9.17, 15) is 13.2 Å². The molecule has 4 nitrogen and oxygen atoms in total. The van der Waals surface area contributed by atoms with Gasteiger partial charge in [-0.2, -0.15) is 13.2 Å². The minimum atomic E-state index is -4.52. The molecule has 90 valence electrons. The van der Waals surface area contributed by atoms with Crippen LogP contribution in [0, 0.1) is 0 Å². The SMILES string of the molecule is Nc1nn(-c2ncccc2C(F)(F)F)cc1Cl. The Balaban J connectivity index is 2.60. The van der Waals surface area contributed by atoms with Crippen molar-refractivity contribution < 1.29 is 13.2 Å². The van der Waals surface area contributed by atoms with Crippen molar-refractivity contribution >= 4 is 17.4 Å². The van der Waals surface area contributed by atoms with Crippen LogP contribution in [0.1, 0.15) is 5.56 Å². The number of rotatable bonds is 1. The lowest BCUT2D eigenvalue weighted by atomic mass is 10.2. The highest BCUT2D eigenvalue weighted by atomic mass is 35.5. The molecule has 0 aromatic carbocycles. The number of anilines is 1. The number of hydrogen-bond donors (Lipinski definition) is 1. The molecule has 17 heavy (non-hydrogen) atoms. The number of nitrogens with two attached hydrogens (primary N) is 1. The Bertz CT molecular complexity index is 530. The first-order valence-electron chi connectivity index (χ1n) is 4.43. The Hall–Kier alpha value is -1.76. The van der Waals surface area contributed by atoms with Crippen molar-refractivity contribution in [2.75, 3.05) is 5.73 Å². The molecule has 0 saturated heterocycles. The van der Waals surface area contributed by atoms with Gasteiger partial charge in [-0.05, 0) is 12.1 Å². The summed E-state index contributed by atoms with van der Waals surface area (Å²) in [5.74, 6) is -0.413. The van der Waals surface area contributed by atoms with E-state index in [-0.39, 0.29) is 16.7 Å². The van der Waals surface area contributed by atoms with Crippen molar-refractivity contribution in [3.63, 3.8) is 0 Å². The number of halogens is 4. The van der Waals surface area contributed by atoms with Crippen LogP contribution in [0.15, 0.2) is 24.5 Å². The zero-order chi connectivity index (χ0) is 12.6. The molecule has 0 aliphatic carbocycles. The zero-order valence-electron chi connectivity index (χ0n) is 8.24. The lowest BCUT2D eigenvalue weighted by Crippen LogP contribution is -2.12. The number of hydrogen-bond acceptors (Lipinski definition) is 3. The molecule has 0 aliphatic heterocycles. The Kier molecular flexibility index (Phi) is 2.70. The van der Waals surface area contributed by atoms with Crippen molar-refractivity contribution in [2.24, 2.45) is 0 Å². The van der Waals surface area contributed by atoms with E-state index < -0.39 is 11.7 Å². The molecule has 0 fully saturated rings. The van der Waals surface area contributed by atoms with Gasteiger partial charge in [0.15, 0.2) is 11.6 Å². The molecule has 0 atom stereocenters. The first kappa shape index (κ1) is 11.7. The van der Waals surface area contributed by atoms with Crippen LogP contribution in [0.3, 0.4) is 0 Å². The molecule has 2 heterocycles. The van der Waals surface area contributed by atoms with Crippen molar-refractivity contribution in [1.29, 1.82) is 0 Å². The summed E-state index contributed by atoms with van der Waals surface area (Å²) >= 11 is 5.63. The van der Waals surface area contributed by atoms with Crippen molar-refractivity contribution in [3.05, 3.63) is 35.1 Å². The standard InChI is InChI=1S/C9H6ClF3N4/c10-6-4-17(16-7(6)14)8-5(9(11,12)13)2-1-3-15-8/h1-4H,(H2,14,16). The number of aromatic nitrogens is 3. The topological polar surface area (TPSA) is 56.7 Å². The fourth-order valence-electron chi connectivity index (χ4n) is 1.28. The first-order valence-corrected chi connectivity index (χ1v) is 4.80. The van der Waals surface area contributed by atoms with Gasteiger partial charge in [0, 0.05) is 6.20 Å². The number of nitrogen functional groups attached to an aromatic ring is 1. The van der Waals surface area contributed by atoms with Gasteiger partial charge < -0.3 is 5.73 Å². The molecular formula is C9H6ClF3N4. The molecule has 2 aromatic rings. The number of pyridine rings is 1. The molecule has 2 rings (SSSR count). The maximum Gasteiger partial charge on any atom is 0.420 e. The van der Waals surface area contributed by atoms with Crippen molar-refractivity contribution in [2.45, 2.75) is 6.18 Å². The van der Waals surface area contributed by atoms with Crippen LogP contribution in [-0.2, 0) is 6.18 Å². The minimum absolute atomic E-state index is 0.0505. The van der Waals surface area contributed by atoms with Gasteiger partial charge in [0.2, 0.25) is 0 Å². The van der Waals surface area contributed by atoms with Crippen LogP contribution in [0.4, 0.5) is 19.0 Å². The number of nitrogens with zero attached hydrogens (tertiary/aromatic N) is 3. The summed E-state index contributed by atoms with van der Waals surface area (Å²) in [6, 6.07) is 2.11. The Morgan fingerprint density at radius 2 is 2.06 bits per heavy atom.